The van der Waals surface area contributed by atoms with Gasteiger partial charge in [-0.3, -0.25) is 4.79 Å². The van der Waals surface area contributed by atoms with Crippen molar-refractivity contribution in [2.75, 3.05) is 19.3 Å². The van der Waals surface area contributed by atoms with Gasteiger partial charge in [0, 0.05) is 26.1 Å². The van der Waals surface area contributed by atoms with Crippen LogP contribution >= 0.6 is 0 Å². The summed E-state index contributed by atoms with van der Waals surface area (Å²) in [5.74, 6) is 0.424. The number of aryl methyl sites for hydroxylation is 1. The standard InChI is InChI=1S/C17H28N2O3S/c1-14(2)9-11-18-17(20)10-12-19(23(4,21)22)13-16-8-6-5-7-15(16)3/h5-8,14H,9-13H2,1-4H3,(H,18,20). The van der Waals surface area contributed by atoms with E-state index in [-0.39, 0.29) is 18.9 Å². The Morgan fingerprint density at radius 1 is 1.26 bits per heavy atom. The summed E-state index contributed by atoms with van der Waals surface area (Å²) in [5, 5.41) is 2.84. The zero-order chi connectivity index (χ0) is 17.5. The molecule has 0 spiro atoms. The first kappa shape index (κ1) is 19.6. The summed E-state index contributed by atoms with van der Waals surface area (Å²) in [5.41, 5.74) is 2.00. The Bertz CT molecular complexity index is 612. The van der Waals surface area contributed by atoms with Crippen molar-refractivity contribution in [2.45, 2.75) is 40.2 Å². The first-order valence-corrected chi connectivity index (χ1v) is 9.81. The number of carbonyl (C=O) groups is 1. The number of hydrogen-bond acceptors (Lipinski definition) is 3. The maximum absolute atomic E-state index is 12.0. The fraction of sp³-hybridized carbons (Fsp3) is 0.588. The van der Waals surface area contributed by atoms with Gasteiger partial charge in [0.05, 0.1) is 6.26 Å². The molecule has 0 aliphatic rings. The van der Waals surface area contributed by atoms with Crippen LogP contribution in [0.5, 0.6) is 0 Å². The average Bonchev–Trinajstić information content (AvgIpc) is 2.43. The van der Waals surface area contributed by atoms with E-state index in [1.54, 1.807) is 0 Å². The van der Waals surface area contributed by atoms with Crippen molar-refractivity contribution in [1.29, 1.82) is 0 Å². The molecule has 1 aromatic carbocycles. The highest BCUT2D eigenvalue weighted by molar-refractivity contribution is 7.88. The van der Waals surface area contributed by atoms with Crippen LogP contribution in [0.25, 0.3) is 0 Å². The van der Waals surface area contributed by atoms with Gasteiger partial charge in [0.15, 0.2) is 0 Å². The summed E-state index contributed by atoms with van der Waals surface area (Å²) >= 11 is 0. The Labute approximate surface area is 140 Å². The Hall–Kier alpha value is -1.40. The van der Waals surface area contributed by atoms with Gasteiger partial charge in [0.25, 0.3) is 0 Å². The first-order chi connectivity index (χ1) is 10.7. The van der Waals surface area contributed by atoms with Gasteiger partial charge in [-0.15, -0.1) is 0 Å². The first-order valence-electron chi connectivity index (χ1n) is 7.96. The number of sulfonamides is 1. The number of benzene rings is 1. The molecule has 130 valence electrons. The van der Waals surface area contributed by atoms with Gasteiger partial charge in [-0.2, -0.15) is 4.31 Å². The summed E-state index contributed by atoms with van der Waals surface area (Å²) in [6, 6.07) is 7.68. The predicted octanol–water partition coefficient (Wildman–Crippen LogP) is 2.31. The summed E-state index contributed by atoms with van der Waals surface area (Å²) < 4.78 is 25.3. The molecule has 1 amide bonds. The lowest BCUT2D eigenvalue weighted by molar-refractivity contribution is -0.121. The van der Waals surface area contributed by atoms with Gasteiger partial charge in [-0.1, -0.05) is 38.1 Å². The van der Waals surface area contributed by atoms with Crippen LogP contribution in [-0.4, -0.2) is 38.0 Å². The molecule has 0 aliphatic heterocycles. The lowest BCUT2D eigenvalue weighted by atomic mass is 10.1. The van der Waals surface area contributed by atoms with Gasteiger partial charge < -0.3 is 5.32 Å². The summed E-state index contributed by atoms with van der Waals surface area (Å²) in [6.45, 7) is 7.27. The molecule has 6 heteroatoms. The van der Waals surface area contributed by atoms with Crippen molar-refractivity contribution in [2.24, 2.45) is 5.92 Å². The topological polar surface area (TPSA) is 66.5 Å². The van der Waals surface area contributed by atoms with E-state index >= 15 is 0 Å². The maximum atomic E-state index is 12.0. The predicted molar refractivity (Wildman–Crippen MR) is 93.5 cm³/mol. The smallest absolute Gasteiger partial charge is 0.221 e. The van der Waals surface area contributed by atoms with E-state index in [1.807, 2.05) is 31.2 Å². The number of rotatable bonds is 9. The minimum atomic E-state index is -3.36. The molecular weight excluding hydrogens is 312 g/mol. The Morgan fingerprint density at radius 3 is 2.48 bits per heavy atom. The molecule has 0 heterocycles. The van der Waals surface area contributed by atoms with Crippen LogP contribution in [0.3, 0.4) is 0 Å². The Kier molecular flexibility index (Phi) is 7.72. The van der Waals surface area contributed by atoms with Crippen LogP contribution in [0.15, 0.2) is 24.3 Å². The fourth-order valence-corrected chi connectivity index (χ4v) is 2.95. The highest BCUT2D eigenvalue weighted by Crippen LogP contribution is 2.13. The van der Waals surface area contributed by atoms with E-state index < -0.39 is 10.0 Å². The molecule has 1 rings (SSSR count). The minimum Gasteiger partial charge on any atom is -0.356 e. The van der Waals surface area contributed by atoms with E-state index in [2.05, 4.69) is 19.2 Å². The van der Waals surface area contributed by atoms with Crippen LogP contribution in [0.2, 0.25) is 0 Å². The molecule has 23 heavy (non-hydrogen) atoms. The molecule has 0 aromatic heterocycles. The van der Waals surface area contributed by atoms with E-state index in [0.717, 1.165) is 17.5 Å². The summed E-state index contributed by atoms with van der Waals surface area (Å²) in [6.07, 6.45) is 2.28. The highest BCUT2D eigenvalue weighted by atomic mass is 32.2. The van der Waals surface area contributed by atoms with Gasteiger partial charge in [0.2, 0.25) is 15.9 Å². The number of carbonyl (C=O) groups excluding carboxylic acids is 1. The molecule has 0 atom stereocenters. The second-order valence-corrected chi connectivity index (χ2v) is 8.29. The number of hydrogen-bond donors (Lipinski definition) is 1. The second-order valence-electron chi connectivity index (χ2n) is 6.31. The van der Waals surface area contributed by atoms with E-state index in [4.69, 9.17) is 0 Å². The molecule has 0 unspecified atom stereocenters. The Morgan fingerprint density at radius 2 is 1.91 bits per heavy atom. The molecule has 0 bridgehead atoms. The molecule has 1 aromatic rings. The van der Waals surface area contributed by atoms with E-state index in [0.29, 0.717) is 19.0 Å². The molecule has 0 radical (unpaired) electrons. The Balaban J connectivity index is 2.60. The molecule has 0 saturated carbocycles. The van der Waals surface area contributed by atoms with Crippen molar-refractivity contribution in [3.63, 3.8) is 0 Å². The third-order valence-electron chi connectivity index (χ3n) is 3.71. The van der Waals surface area contributed by atoms with Gasteiger partial charge in [-0.05, 0) is 30.4 Å². The average molecular weight is 340 g/mol. The van der Waals surface area contributed by atoms with Crippen molar-refractivity contribution >= 4 is 15.9 Å². The van der Waals surface area contributed by atoms with E-state index in [9.17, 15) is 13.2 Å². The molecule has 5 nitrogen and oxygen atoms in total. The van der Waals surface area contributed by atoms with Crippen LogP contribution in [0.4, 0.5) is 0 Å². The number of nitrogens with one attached hydrogen (secondary N) is 1. The molecule has 0 fully saturated rings. The zero-order valence-corrected chi connectivity index (χ0v) is 15.3. The normalized spacial score (nSPS) is 11.9. The minimum absolute atomic E-state index is 0.107. The van der Waals surface area contributed by atoms with Crippen LogP contribution in [-0.2, 0) is 21.4 Å². The monoisotopic (exact) mass is 340 g/mol. The molecular formula is C17H28N2O3S. The van der Waals surface area contributed by atoms with Crippen LogP contribution < -0.4 is 5.32 Å². The largest absolute Gasteiger partial charge is 0.356 e. The van der Waals surface area contributed by atoms with Gasteiger partial charge >= 0.3 is 0 Å². The quantitative estimate of drug-likeness (QED) is 0.750. The summed E-state index contributed by atoms with van der Waals surface area (Å²) in [4.78, 5) is 11.8. The number of amides is 1. The zero-order valence-electron chi connectivity index (χ0n) is 14.5. The lowest BCUT2D eigenvalue weighted by Crippen LogP contribution is -2.34. The van der Waals surface area contributed by atoms with Gasteiger partial charge in [-0.25, -0.2) is 8.42 Å². The van der Waals surface area contributed by atoms with Crippen LogP contribution in [0.1, 0.15) is 37.8 Å². The lowest BCUT2D eigenvalue weighted by Gasteiger charge is -2.21. The van der Waals surface area contributed by atoms with Crippen molar-refractivity contribution in [3.05, 3.63) is 35.4 Å². The maximum Gasteiger partial charge on any atom is 0.221 e. The van der Waals surface area contributed by atoms with Crippen molar-refractivity contribution < 1.29 is 13.2 Å². The number of nitrogens with zero attached hydrogens (tertiary/aromatic N) is 1. The molecule has 1 N–H and O–H groups in total. The summed E-state index contributed by atoms with van der Waals surface area (Å²) in [7, 11) is -3.36. The van der Waals surface area contributed by atoms with Crippen molar-refractivity contribution in [3.8, 4) is 0 Å². The fourth-order valence-electron chi connectivity index (χ4n) is 2.15. The van der Waals surface area contributed by atoms with Crippen LogP contribution in [0, 0.1) is 12.8 Å². The van der Waals surface area contributed by atoms with Gasteiger partial charge in [0.1, 0.15) is 0 Å². The molecule has 0 saturated heterocycles. The third kappa shape index (κ3) is 7.61. The highest BCUT2D eigenvalue weighted by Gasteiger charge is 2.18. The third-order valence-corrected chi connectivity index (χ3v) is 4.96. The van der Waals surface area contributed by atoms with Crippen molar-refractivity contribution in [1.82, 2.24) is 9.62 Å². The SMILES string of the molecule is Cc1ccccc1CN(CCC(=O)NCCC(C)C)S(C)(=O)=O. The molecule has 0 aliphatic carbocycles. The van der Waals surface area contributed by atoms with E-state index in [1.165, 1.54) is 10.6 Å². The second kappa shape index (κ2) is 9.03.